The lowest BCUT2D eigenvalue weighted by Gasteiger charge is -2.19. The Hall–Kier alpha value is -4.14. The standard InChI is InChI=1S/C27H12F8O/c1-36-12-7-19(31)26(20(32)8-12)24-13-3-2-4-16(28)25(13)23(11-5-21(33)27(35)22(34)6-11)14-9-17(29)18(30)10-15(14)24/h2-10H,1H3. The Bertz CT molecular complexity index is 1660. The van der Waals surface area contributed by atoms with Crippen molar-refractivity contribution < 1.29 is 39.9 Å². The molecule has 0 bridgehead atoms. The molecule has 5 aromatic carbocycles. The van der Waals surface area contributed by atoms with E-state index in [0.717, 1.165) is 18.2 Å². The topological polar surface area (TPSA) is 9.23 Å². The molecule has 0 heterocycles. The summed E-state index contributed by atoms with van der Waals surface area (Å²) in [5, 5.41) is -1.17. The third kappa shape index (κ3) is 3.54. The van der Waals surface area contributed by atoms with Crippen LogP contribution in [0.5, 0.6) is 5.75 Å². The monoisotopic (exact) mass is 504 g/mol. The second-order valence-electron chi connectivity index (χ2n) is 7.94. The Balaban J connectivity index is 2.07. The number of hydrogen-bond donors (Lipinski definition) is 0. The van der Waals surface area contributed by atoms with Gasteiger partial charge in [-0.2, -0.15) is 0 Å². The van der Waals surface area contributed by atoms with Gasteiger partial charge in [-0.25, -0.2) is 35.1 Å². The van der Waals surface area contributed by atoms with Crippen LogP contribution in [0.3, 0.4) is 0 Å². The maximum atomic E-state index is 15.3. The lowest BCUT2D eigenvalue weighted by Crippen LogP contribution is -2.00. The summed E-state index contributed by atoms with van der Waals surface area (Å²) in [5.41, 5.74) is -1.75. The molecule has 9 heteroatoms. The fourth-order valence-corrected chi connectivity index (χ4v) is 4.40. The van der Waals surface area contributed by atoms with Crippen LogP contribution in [0.2, 0.25) is 0 Å². The first-order valence-electron chi connectivity index (χ1n) is 10.3. The zero-order chi connectivity index (χ0) is 25.9. The molecular weight excluding hydrogens is 492 g/mol. The van der Waals surface area contributed by atoms with Crippen molar-refractivity contribution in [3.63, 3.8) is 0 Å². The highest BCUT2D eigenvalue weighted by Crippen LogP contribution is 2.47. The lowest BCUT2D eigenvalue weighted by molar-refractivity contribution is 0.407. The number of fused-ring (bicyclic) bond motifs is 2. The van der Waals surface area contributed by atoms with Crippen molar-refractivity contribution >= 4 is 21.5 Å². The van der Waals surface area contributed by atoms with E-state index in [-0.39, 0.29) is 33.0 Å². The van der Waals surface area contributed by atoms with Gasteiger partial charge in [0.15, 0.2) is 29.1 Å². The second-order valence-corrected chi connectivity index (χ2v) is 7.94. The number of methoxy groups -OCH3 is 1. The highest BCUT2D eigenvalue weighted by molar-refractivity contribution is 6.21. The van der Waals surface area contributed by atoms with E-state index in [0.29, 0.717) is 24.3 Å². The van der Waals surface area contributed by atoms with Crippen LogP contribution in [0.15, 0.2) is 54.6 Å². The molecule has 0 atom stereocenters. The van der Waals surface area contributed by atoms with Gasteiger partial charge in [0.05, 0.1) is 12.7 Å². The van der Waals surface area contributed by atoms with Crippen LogP contribution < -0.4 is 4.74 Å². The van der Waals surface area contributed by atoms with E-state index in [1.807, 2.05) is 0 Å². The van der Waals surface area contributed by atoms with Gasteiger partial charge in [0, 0.05) is 28.6 Å². The Labute approximate surface area is 198 Å². The fourth-order valence-electron chi connectivity index (χ4n) is 4.40. The zero-order valence-corrected chi connectivity index (χ0v) is 18.1. The second kappa shape index (κ2) is 8.51. The average molecular weight is 504 g/mol. The van der Waals surface area contributed by atoms with Crippen LogP contribution in [0.4, 0.5) is 35.1 Å². The molecule has 0 spiro atoms. The Kier molecular flexibility index (Phi) is 5.58. The van der Waals surface area contributed by atoms with E-state index in [9.17, 15) is 22.0 Å². The first-order chi connectivity index (χ1) is 17.1. The van der Waals surface area contributed by atoms with E-state index in [4.69, 9.17) is 4.74 Å². The summed E-state index contributed by atoms with van der Waals surface area (Å²) in [4.78, 5) is 0. The van der Waals surface area contributed by atoms with Gasteiger partial charge >= 0.3 is 0 Å². The van der Waals surface area contributed by atoms with Crippen LogP contribution in [-0.4, -0.2) is 7.11 Å². The summed E-state index contributed by atoms with van der Waals surface area (Å²) in [6.07, 6.45) is 0. The minimum Gasteiger partial charge on any atom is -0.497 e. The Morgan fingerprint density at radius 2 is 1.06 bits per heavy atom. The van der Waals surface area contributed by atoms with Crippen molar-refractivity contribution in [2.24, 2.45) is 0 Å². The maximum absolute atomic E-state index is 15.3. The molecule has 182 valence electrons. The summed E-state index contributed by atoms with van der Waals surface area (Å²) >= 11 is 0. The third-order valence-electron chi connectivity index (χ3n) is 5.91. The molecule has 0 aromatic heterocycles. The predicted molar refractivity (Wildman–Crippen MR) is 119 cm³/mol. The van der Waals surface area contributed by atoms with Crippen molar-refractivity contribution in [2.45, 2.75) is 0 Å². The Morgan fingerprint density at radius 1 is 0.500 bits per heavy atom. The average Bonchev–Trinajstić information content (AvgIpc) is 2.83. The van der Waals surface area contributed by atoms with E-state index in [1.165, 1.54) is 19.2 Å². The molecule has 0 aliphatic rings. The number of halogens is 8. The molecule has 0 fully saturated rings. The van der Waals surface area contributed by atoms with Gasteiger partial charge in [-0.3, -0.25) is 0 Å². The van der Waals surface area contributed by atoms with Crippen molar-refractivity contribution in [2.75, 3.05) is 7.11 Å². The molecule has 0 unspecified atom stereocenters. The highest BCUT2D eigenvalue weighted by Gasteiger charge is 2.26. The summed E-state index contributed by atoms with van der Waals surface area (Å²) in [6, 6.07) is 7.55. The fraction of sp³-hybridized carbons (Fsp3) is 0.0370. The first-order valence-corrected chi connectivity index (χ1v) is 10.3. The minimum absolute atomic E-state index is 0.167. The van der Waals surface area contributed by atoms with Crippen LogP contribution in [0.1, 0.15) is 0 Å². The van der Waals surface area contributed by atoms with Gasteiger partial charge in [-0.1, -0.05) is 12.1 Å². The van der Waals surface area contributed by atoms with Crippen molar-refractivity contribution in [3.05, 3.63) is 101 Å². The number of rotatable bonds is 3. The quantitative estimate of drug-likeness (QED) is 0.136. The normalized spacial score (nSPS) is 11.5. The van der Waals surface area contributed by atoms with Crippen molar-refractivity contribution in [1.82, 2.24) is 0 Å². The van der Waals surface area contributed by atoms with Gasteiger partial charge in [-0.05, 0) is 52.1 Å². The highest BCUT2D eigenvalue weighted by atomic mass is 19.2. The molecule has 0 aliphatic heterocycles. The SMILES string of the molecule is COc1cc(F)c(-c2c3cc(F)c(F)cc3c(-c3cc(F)c(F)c(F)c3)c3c(F)cccc23)c(F)c1. The molecule has 1 nitrogen and oxygen atoms in total. The van der Waals surface area contributed by atoms with Crippen LogP contribution in [-0.2, 0) is 0 Å². The Morgan fingerprint density at radius 3 is 1.61 bits per heavy atom. The number of hydrogen-bond acceptors (Lipinski definition) is 1. The lowest BCUT2D eigenvalue weighted by atomic mass is 9.85. The summed E-state index contributed by atoms with van der Waals surface area (Å²) < 4.78 is 121. The first kappa shape index (κ1) is 23.6. The summed E-state index contributed by atoms with van der Waals surface area (Å²) in [7, 11) is 1.18. The molecule has 0 amide bonds. The summed E-state index contributed by atoms with van der Waals surface area (Å²) in [5.74, 6) is -11.3. The van der Waals surface area contributed by atoms with Gasteiger partial charge in [0.25, 0.3) is 0 Å². The maximum Gasteiger partial charge on any atom is 0.194 e. The van der Waals surface area contributed by atoms with Crippen molar-refractivity contribution in [3.8, 4) is 28.0 Å². The summed E-state index contributed by atoms with van der Waals surface area (Å²) in [6.45, 7) is 0. The van der Waals surface area contributed by atoms with E-state index < -0.39 is 63.1 Å². The number of ether oxygens (including phenoxy) is 1. The molecule has 0 aliphatic carbocycles. The molecule has 0 N–H and O–H groups in total. The molecule has 0 saturated heterocycles. The van der Waals surface area contributed by atoms with E-state index >= 15 is 13.2 Å². The van der Waals surface area contributed by atoms with Gasteiger partial charge < -0.3 is 4.74 Å². The smallest absolute Gasteiger partial charge is 0.194 e. The van der Waals surface area contributed by atoms with Gasteiger partial charge in [0.2, 0.25) is 0 Å². The van der Waals surface area contributed by atoms with E-state index in [1.54, 1.807) is 0 Å². The minimum atomic E-state index is -1.79. The molecule has 5 rings (SSSR count). The molecule has 36 heavy (non-hydrogen) atoms. The molecule has 5 aromatic rings. The zero-order valence-electron chi connectivity index (χ0n) is 18.1. The van der Waals surface area contributed by atoms with E-state index in [2.05, 4.69) is 0 Å². The van der Waals surface area contributed by atoms with Crippen LogP contribution >= 0.6 is 0 Å². The largest absolute Gasteiger partial charge is 0.497 e. The van der Waals surface area contributed by atoms with Crippen molar-refractivity contribution in [1.29, 1.82) is 0 Å². The molecule has 0 radical (unpaired) electrons. The van der Waals surface area contributed by atoms with Gasteiger partial charge in [0.1, 0.15) is 23.2 Å². The molecular formula is C27H12F8O. The number of benzene rings is 5. The predicted octanol–water partition coefficient (Wildman–Crippen LogP) is 8.45. The van der Waals surface area contributed by atoms with Crippen LogP contribution in [0.25, 0.3) is 43.8 Å². The van der Waals surface area contributed by atoms with Gasteiger partial charge in [-0.15, -0.1) is 0 Å². The van der Waals surface area contributed by atoms with Crippen LogP contribution in [0, 0.1) is 46.5 Å². The third-order valence-corrected chi connectivity index (χ3v) is 5.91. The molecule has 0 saturated carbocycles.